The van der Waals surface area contributed by atoms with Gasteiger partial charge in [-0.1, -0.05) is 23.2 Å². The van der Waals surface area contributed by atoms with Crippen LogP contribution in [-0.2, 0) is 0 Å². The number of aromatic nitrogens is 2. The van der Waals surface area contributed by atoms with Crippen molar-refractivity contribution in [3.8, 4) is 0 Å². The molecule has 0 spiro atoms. The molecule has 0 amide bonds. The first-order chi connectivity index (χ1) is 11.5. The molecule has 1 fully saturated rings. The van der Waals surface area contributed by atoms with Crippen LogP contribution in [-0.4, -0.2) is 36.1 Å². The van der Waals surface area contributed by atoms with E-state index in [9.17, 15) is 8.78 Å². The Balaban J connectivity index is 1.73. The van der Waals surface area contributed by atoms with Crippen LogP contribution in [0.3, 0.4) is 0 Å². The normalized spacial score (nSPS) is 15.7. The molecule has 4 nitrogen and oxygen atoms in total. The van der Waals surface area contributed by atoms with Gasteiger partial charge in [0.1, 0.15) is 17.8 Å². The van der Waals surface area contributed by atoms with E-state index in [1.165, 1.54) is 12.4 Å². The predicted molar refractivity (Wildman–Crippen MR) is 92.5 cm³/mol. The Labute approximate surface area is 149 Å². The Morgan fingerprint density at radius 2 is 1.67 bits per heavy atom. The van der Waals surface area contributed by atoms with Crippen LogP contribution in [0.2, 0.25) is 10.0 Å². The molecule has 1 aromatic heterocycles. The van der Waals surface area contributed by atoms with E-state index in [0.717, 1.165) is 31.7 Å². The number of alkyl halides is 2. The van der Waals surface area contributed by atoms with Gasteiger partial charge in [0.25, 0.3) is 6.43 Å². The SMILES string of the molecule is FC(F)c1cc(N2CCCN(c3ccc(Cl)c(Cl)c3)CC2)ncn1. The third kappa shape index (κ3) is 3.87. The van der Waals surface area contributed by atoms with Gasteiger partial charge in [0.05, 0.1) is 10.0 Å². The fraction of sp³-hybridized carbons (Fsp3) is 0.375. The Morgan fingerprint density at radius 3 is 2.42 bits per heavy atom. The lowest BCUT2D eigenvalue weighted by Crippen LogP contribution is -2.31. The molecule has 2 heterocycles. The first-order valence-electron chi connectivity index (χ1n) is 7.59. The summed E-state index contributed by atoms with van der Waals surface area (Å²) in [5.41, 5.74) is 0.757. The molecule has 2 aromatic rings. The Morgan fingerprint density at radius 1 is 0.917 bits per heavy atom. The Kier molecular flexibility index (Phi) is 5.36. The second-order valence-corrected chi connectivity index (χ2v) is 6.34. The van der Waals surface area contributed by atoms with E-state index in [0.29, 0.717) is 22.4 Å². The van der Waals surface area contributed by atoms with Crippen molar-refractivity contribution in [2.45, 2.75) is 12.8 Å². The van der Waals surface area contributed by atoms with Crippen molar-refractivity contribution in [1.29, 1.82) is 0 Å². The quantitative estimate of drug-likeness (QED) is 0.797. The third-order valence-corrected chi connectivity index (χ3v) is 4.72. The van der Waals surface area contributed by atoms with Gasteiger partial charge in [-0.25, -0.2) is 18.7 Å². The van der Waals surface area contributed by atoms with Crippen LogP contribution in [0.5, 0.6) is 0 Å². The zero-order chi connectivity index (χ0) is 17.1. The summed E-state index contributed by atoms with van der Waals surface area (Å²) in [7, 11) is 0. The van der Waals surface area contributed by atoms with Gasteiger partial charge >= 0.3 is 0 Å². The average molecular weight is 373 g/mol. The van der Waals surface area contributed by atoms with Gasteiger partial charge in [0.15, 0.2) is 0 Å². The summed E-state index contributed by atoms with van der Waals surface area (Å²) in [6.07, 6.45) is -0.515. The van der Waals surface area contributed by atoms with Gasteiger partial charge in [0, 0.05) is 37.9 Å². The minimum absolute atomic E-state index is 0.245. The van der Waals surface area contributed by atoms with Crippen molar-refractivity contribution < 1.29 is 8.78 Å². The molecule has 0 aliphatic carbocycles. The number of nitrogens with zero attached hydrogens (tertiary/aromatic N) is 4. The molecule has 0 atom stereocenters. The summed E-state index contributed by atoms with van der Waals surface area (Å²) >= 11 is 12.0. The molecule has 0 saturated carbocycles. The summed E-state index contributed by atoms with van der Waals surface area (Å²) in [5, 5.41) is 1.05. The zero-order valence-electron chi connectivity index (χ0n) is 12.8. The van der Waals surface area contributed by atoms with Crippen LogP contribution in [0.4, 0.5) is 20.3 Å². The fourth-order valence-corrected chi connectivity index (χ4v) is 3.03. The molecular weight excluding hydrogens is 357 g/mol. The molecular formula is C16H16Cl2F2N4. The number of anilines is 2. The molecule has 8 heteroatoms. The number of rotatable bonds is 3. The highest BCUT2D eigenvalue weighted by atomic mass is 35.5. The van der Waals surface area contributed by atoms with Gasteiger partial charge in [-0.2, -0.15) is 0 Å². The monoisotopic (exact) mass is 372 g/mol. The molecule has 0 bridgehead atoms. The van der Waals surface area contributed by atoms with Gasteiger partial charge < -0.3 is 9.80 Å². The minimum Gasteiger partial charge on any atom is -0.370 e. The molecule has 0 unspecified atom stereocenters. The maximum Gasteiger partial charge on any atom is 0.280 e. The average Bonchev–Trinajstić information content (AvgIpc) is 2.83. The molecule has 0 radical (unpaired) electrons. The van der Waals surface area contributed by atoms with Crippen molar-refractivity contribution in [3.05, 3.63) is 46.3 Å². The third-order valence-electron chi connectivity index (χ3n) is 3.99. The van der Waals surface area contributed by atoms with Crippen molar-refractivity contribution in [1.82, 2.24) is 9.97 Å². The van der Waals surface area contributed by atoms with E-state index in [1.807, 2.05) is 17.0 Å². The molecule has 1 saturated heterocycles. The first kappa shape index (κ1) is 17.2. The maximum atomic E-state index is 12.8. The number of benzene rings is 1. The second-order valence-electron chi connectivity index (χ2n) is 5.53. The first-order valence-corrected chi connectivity index (χ1v) is 8.35. The summed E-state index contributed by atoms with van der Waals surface area (Å²) in [6.45, 7) is 3.02. The molecule has 1 aromatic carbocycles. The van der Waals surface area contributed by atoms with Crippen molar-refractivity contribution in [2.75, 3.05) is 36.0 Å². The highest BCUT2D eigenvalue weighted by Gasteiger charge is 2.19. The van der Waals surface area contributed by atoms with E-state index in [-0.39, 0.29) is 5.69 Å². The van der Waals surface area contributed by atoms with Crippen molar-refractivity contribution in [3.63, 3.8) is 0 Å². The topological polar surface area (TPSA) is 32.3 Å². The minimum atomic E-state index is -2.59. The second kappa shape index (κ2) is 7.49. The molecule has 1 aliphatic heterocycles. The smallest absolute Gasteiger partial charge is 0.280 e. The van der Waals surface area contributed by atoms with Crippen LogP contribution in [0.15, 0.2) is 30.6 Å². The predicted octanol–water partition coefficient (Wildman–Crippen LogP) is 4.44. The molecule has 3 rings (SSSR count). The van der Waals surface area contributed by atoms with Gasteiger partial charge in [-0.05, 0) is 24.6 Å². The lowest BCUT2D eigenvalue weighted by molar-refractivity contribution is 0.146. The standard InChI is InChI=1S/C16H16Cl2F2N4/c17-12-3-2-11(8-13(12)18)23-4-1-5-24(7-6-23)15-9-14(16(19)20)21-10-22-15/h2-3,8-10,16H,1,4-7H2. The van der Waals surface area contributed by atoms with E-state index in [1.54, 1.807) is 6.07 Å². The van der Waals surface area contributed by atoms with Crippen LogP contribution >= 0.6 is 23.2 Å². The molecule has 128 valence electrons. The van der Waals surface area contributed by atoms with E-state index >= 15 is 0 Å². The largest absolute Gasteiger partial charge is 0.370 e. The number of halogens is 4. The Hall–Kier alpha value is -1.66. The van der Waals surface area contributed by atoms with Gasteiger partial charge in [-0.15, -0.1) is 0 Å². The lowest BCUT2D eigenvalue weighted by Gasteiger charge is -2.24. The van der Waals surface area contributed by atoms with E-state index < -0.39 is 6.43 Å². The number of hydrogen-bond donors (Lipinski definition) is 0. The molecule has 24 heavy (non-hydrogen) atoms. The van der Waals surface area contributed by atoms with Gasteiger partial charge in [0.2, 0.25) is 0 Å². The van der Waals surface area contributed by atoms with Gasteiger partial charge in [-0.3, -0.25) is 0 Å². The molecule has 1 aliphatic rings. The summed E-state index contributed by atoms with van der Waals surface area (Å²) in [5.74, 6) is 0.538. The Bertz CT molecular complexity index is 714. The number of hydrogen-bond acceptors (Lipinski definition) is 4. The summed E-state index contributed by atoms with van der Waals surface area (Å²) in [4.78, 5) is 12.0. The highest BCUT2D eigenvalue weighted by Crippen LogP contribution is 2.28. The van der Waals surface area contributed by atoms with E-state index in [4.69, 9.17) is 23.2 Å². The maximum absolute atomic E-state index is 12.8. The summed E-state index contributed by atoms with van der Waals surface area (Å²) < 4.78 is 25.6. The van der Waals surface area contributed by atoms with Crippen LogP contribution < -0.4 is 9.80 Å². The van der Waals surface area contributed by atoms with Crippen molar-refractivity contribution >= 4 is 34.7 Å². The van der Waals surface area contributed by atoms with Crippen LogP contribution in [0.25, 0.3) is 0 Å². The lowest BCUT2D eigenvalue weighted by atomic mass is 10.2. The highest BCUT2D eigenvalue weighted by molar-refractivity contribution is 6.42. The fourth-order valence-electron chi connectivity index (χ4n) is 2.74. The zero-order valence-corrected chi connectivity index (χ0v) is 14.3. The van der Waals surface area contributed by atoms with Crippen LogP contribution in [0, 0.1) is 0 Å². The van der Waals surface area contributed by atoms with Crippen LogP contribution in [0.1, 0.15) is 18.5 Å². The van der Waals surface area contributed by atoms with E-state index in [2.05, 4.69) is 14.9 Å². The van der Waals surface area contributed by atoms with Crippen molar-refractivity contribution in [2.24, 2.45) is 0 Å². The molecule has 0 N–H and O–H groups in total. The summed E-state index contributed by atoms with van der Waals surface area (Å²) in [6, 6.07) is 6.92.